The van der Waals surface area contributed by atoms with E-state index in [2.05, 4.69) is 0 Å². The topological polar surface area (TPSA) is 34.1 Å². The van der Waals surface area contributed by atoms with Gasteiger partial charge < -0.3 is 0 Å². The molecular weight excluding hydrogens is 222 g/mol. The highest BCUT2D eigenvalue weighted by molar-refractivity contribution is 7.85. The highest BCUT2D eigenvalue weighted by atomic mass is 32.2. The third kappa shape index (κ3) is 3.51. The Hall–Kier alpha value is -1.10. The van der Waals surface area contributed by atoms with E-state index in [0.29, 0.717) is 4.90 Å². The first-order valence-electron chi connectivity index (χ1n) is 4.26. The van der Waals surface area contributed by atoms with Crippen molar-refractivity contribution in [1.29, 1.82) is 0 Å². The number of hydrogen-bond donors (Lipinski definition) is 0. The van der Waals surface area contributed by atoms with Crippen molar-refractivity contribution in [1.82, 2.24) is 0 Å². The molecule has 0 saturated heterocycles. The molecule has 0 amide bonds. The second-order valence-electron chi connectivity index (χ2n) is 3.07. The summed E-state index contributed by atoms with van der Waals surface area (Å²) in [5.74, 6) is -1.91. The molecule has 0 saturated carbocycles. The molecule has 1 aromatic rings. The monoisotopic (exact) mass is 232 g/mol. The minimum Gasteiger partial charge on any atom is -0.292 e. The molecule has 1 aromatic carbocycles. The van der Waals surface area contributed by atoms with Gasteiger partial charge >= 0.3 is 0 Å². The highest BCUT2D eigenvalue weighted by Crippen LogP contribution is 2.09. The Bertz CT molecular complexity index is 374. The lowest BCUT2D eigenvalue weighted by Gasteiger charge is -2.01. The number of rotatable bonds is 4. The lowest BCUT2D eigenvalue weighted by Crippen LogP contribution is -2.18. The molecule has 15 heavy (non-hydrogen) atoms. The maximum atomic E-state index is 11.9. The molecule has 2 nitrogen and oxygen atoms in total. The second kappa shape index (κ2) is 5.11. The molecule has 0 fully saturated rings. The van der Waals surface area contributed by atoms with E-state index >= 15 is 0 Å². The number of ketones is 1. The molecular formula is C10H10F2O2S. The lowest BCUT2D eigenvalue weighted by atomic mass is 10.2. The lowest BCUT2D eigenvalue weighted by molar-refractivity contribution is -0.126. The summed E-state index contributed by atoms with van der Waals surface area (Å²) < 4.78 is 35.2. The van der Waals surface area contributed by atoms with E-state index in [1.54, 1.807) is 24.3 Å². The third-order valence-corrected chi connectivity index (χ3v) is 3.15. The zero-order valence-electron chi connectivity index (χ0n) is 8.07. The summed E-state index contributed by atoms with van der Waals surface area (Å²) in [5.41, 5.74) is 0.982. The molecule has 1 atom stereocenters. The van der Waals surface area contributed by atoms with Gasteiger partial charge in [0.2, 0.25) is 5.78 Å². The summed E-state index contributed by atoms with van der Waals surface area (Å²) in [7, 11) is -1.67. The van der Waals surface area contributed by atoms with Crippen LogP contribution in [0.2, 0.25) is 0 Å². The fraction of sp³-hybridized carbons (Fsp3) is 0.300. The Morgan fingerprint density at radius 2 is 1.87 bits per heavy atom. The zero-order chi connectivity index (χ0) is 11.4. The smallest absolute Gasteiger partial charge is 0.292 e. The van der Waals surface area contributed by atoms with E-state index < -0.39 is 28.8 Å². The van der Waals surface area contributed by atoms with E-state index in [1.807, 2.05) is 6.92 Å². The van der Waals surface area contributed by atoms with Crippen LogP contribution in [0.3, 0.4) is 0 Å². The van der Waals surface area contributed by atoms with Gasteiger partial charge in [0.05, 0.1) is 16.6 Å². The largest absolute Gasteiger partial charge is 0.296 e. The zero-order valence-corrected chi connectivity index (χ0v) is 8.89. The molecule has 0 aromatic heterocycles. The summed E-state index contributed by atoms with van der Waals surface area (Å²) in [6, 6.07) is 6.59. The van der Waals surface area contributed by atoms with Crippen LogP contribution in [0.5, 0.6) is 0 Å². The van der Waals surface area contributed by atoms with Crippen LogP contribution in [0.4, 0.5) is 8.78 Å². The van der Waals surface area contributed by atoms with E-state index in [0.717, 1.165) is 5.56 Å². The van der Waals surface area contributed by atoms with Crippen LogP contribution < -0.4 is 0 Å². The molecule has 5 heteroatoms. The average Bonchev–Trinajstić information content (AvgIpc) is 2.18. The van der Waals surface area contributed by atoms with Gasteiger partial charge in [-0.05, 0) is 19.1 Å². The number of Topliss-reactive ketones (excluding diaryl/α,β-unsaturated/α-hetero) is 1. The van der Waals surface area contributed by atoms with Gasteiger partial charge in [-0.2, -0.15) is 0 Å². The molecule has 82 valence electrons. The molecule has 0 N–H and O–H groups in total. The van der Waals surface area contributed by atoms with Crippen molar-refractivity contribution in [2.45, 2.75) is 18.2 Å². The van der Waals surface area contributed by atoms with Crippen LogP contribution >= 0.6 is 0 Å². The van der Waals surface area contributed by atoms with Gasteiger partial charge in [0, 0.05) is 4.90 Å². The van der Waals surface area contributed by atoms with Crippen molar-refractivity contribution < 1.29 is 17.8 Å². The van der Waals surface area contributed by atoms with Crippen molar-refractivity contribution in [3.8, 4) is 0 Å². The maximum absolute atomic E-state index is 11.9. The molecule has 0 aliphatic rings. The Balaban J connectivity index is 2.69. The van der Waals surface area contributed by atoms with Gasteiger partial charge in [-0.3, -0.25) is 9.00 Å². The fourth-order valence-electron chi connectivity index (χ4n) is 0.966. The van der Waals surface area contributed by atoms with Crippen LogP contribution in [-0.2, 0) is 15.6 Å². The molecule has 0 aliphatic carbocycles. The van der Waals surface area contributed by atoms with Crippen molar-refractivity contribution in [2.75, 3.05) is 5.75 Å². The van der Waals surface area contributed by atoms with E-state index in [-0.39, 0.29) is 0 Å². The van der Waals surface area contributed by atoms with E-state index in [1.165, 1.54) is 0 Å². The minimum absolute atomic E-state index is 0.398. The van der Waals surface area contributed by atoms with E-state index in [9.17, 15) is 17.8 Å². The summed E-state index contributed by atoms with van der Waals surface area (Å²) in [6.07, 6.45) is -3.04. The Morgan fingerprint density at radius 3 is 2.33 bits per heavy atom. The number of benzene rings is 1. The number of alkyl halides is 2. The van der Waals surface area contributed by atoms with Gasteiger partial charge in [-0.25, -0.2) is 8.78 Å². The van der Waals surface area contributed by atoms with Crippen LogP contribution in [0.1, 0.15) is 5.56 Å². The fourth-order valence-corrected chi connectivity index (χ4v) is 1.96. The molecule has 0 heterocycles. The van der Waals surface area contributed by atoms with Gasteiger partial charge in [0.1, 0.15) is 0 Å². The van der Waals surface area contributed by atoms with Crippen molar-refractivity contribution in [3.63, 3.8) is 0 Å². The molecule has 0 unspecified atom stereocenters. The van der Waals surface area contributed by atoms with Gasteiger partial charge in [-0.1, -0.05) is 17.7 Å². The third-order valence-electron chi connectivity index (χ3n) is 1.80. The quantitative estimate of drug-likeness (QED) is 0.795. The summed E-state index contributed by atoms with van der Waals surface area (Å²) in [4.78, 5) is 11.0. The molecule has 1 rings (SSSR count). The second-order valence-corrected chi connectivity index (χ2v) is 4.52. The number of halogens is 2. The molecule has 0 aliphatic heterocycles. The molecule has 0 bridgehead atoms. The van der Waals surface area contributed by atoms with Crippen molar-refractivity contribution in [3.05, 3.63) is 29.8 Å². The normalized spacial score (nSPS) is 12.8. The summed E-state index contributed by atoms with van der Waals surface area (Å²) >= 11 is 0. The summed E-state index contributed by atoms with van der Waals surface area (Å²) in [5, 5.41) is 0. The standard InChI is InChI=1S/C10H10F2O2S/c1-7-2-4-8(5-3-7)15(14)6-9(13)10(11)12/h2-5,10H,6H2,1H3/t15-/m0/s1. The first-order chi connectivity index (χ1) is 7.00. The maximum Gasteiger partial charge on any atom is 0.296 e. The number of carbonyl (C=O) groups is 1. The van der Waals surface area contributed by atoms with Crippen LogP contribution in [0.15, 0.2) is 29.2 Å². The van der Waals surface area contributed by atoms with Crippen molar-refractivity contribution in [2.24, 2.45) is 0 Å². The minimum atomic E-state index is -3.04. The van der Waals surface area contributed by atoms with Crippen LogP contribution in [0, 0.1) is 6.92 Å². The first-order valence-corrected chi connectivity index (χ1v) is 5.58. The molecule has 0 radical (unpaired) electrons. The Kier molecular flexibility index (Phi) is 4.08. The summed E-state index contributed by atoms with van der Waals surface area (Å²) in [6.45, 7) is 1.86. The average molecular weight is 232 g/mol. The Labute approximate surface area is 88.8 Å². The molecule has 0 spiro atoms. The number of aryl methyl sites for hydroxylation is 1. The van der Waals surface area contributed by atoms with Crippen molar-refractivity contribution >= 4 is 16.6 Å². The number of carbonyl (C=O) groups excluding carboxylic acids is 1. The number of hydrogen-bond acceptors (Lipinski definition) is 2. The first kappa shape index (κ1) is 12.0. The Morgan fingerprint density at radius 1 is 1.33 bits per heavy atom. The SMILES string of the molecule is Cc1ccc([S@@](=O)CC(=O)C(F)F)cc1. The predicted octanol–water partition coefficient (Wildman–Crippen LogP) is 1.94. The van der Waals surface area contributed by atoms with Gasteiger partial charge in [-0.15, -0.1) is 0 Å². The van der Waals surface area contributed by atoms with Gasteiger partial charge in [0.25, 0.3) is 6.43 Å². The highest BCUT2D eigenvalue weighted by Gasteiger charge is 2.18. The predicted molar refractivity (Wildman–Crippen MR) is 53.5 cm³/mol. The van der Waals surface area contributed by atoms with E-state index in [4.69, 9.17) is 0 Å². The van der Waals surface area contributed by atoms with Crippen LogP contribution in [0.25, 0.3) is 0 Å². The van der Waals surface area contributed by atoms with Crippen LogP contribution in [-0.4, -0.2) is 22.2 Å². The van der Waals surface area contributed by atoms with Gasteiger partial charge in [0.15, 0.2) is 0 Å².